The van der Waals surface area contributed by atoms with Gasteiger partial charge in [0, 0.05) is 13.0 Å². The Morgan fingerprint density at radius 3 is 2.54 bits per heavy atom. The predicted molar refractivity (Wildman–Crippen MR) is 102 cm³/mol. The topological polar surface area (TPSA) is 52.6 Å². The Kier molecular flexibility index (Phi) is 8.04. The van der Waals surface area contributed by atoms with Crippen molar-refractivity contribution in [1.82, 2.24) is 10.2 Å². The number of piperidine rings is 1. The quantitative estimate of drug-likeness (QED) is 0.744. The molecule has 2 rings (SSSR count). The molecular weight excluding hydrogens is 331 g/mol. The van der Waals surface area contributed by atoms with Crippen LogP contribution in [0.25, 0.3) is 0 Å². The van der Waals surface area contributed by atoms with Crippen molar-refractivity contribution >= 4 is 5.91 Å². The molecule has 1 aliphatic heterocycles. The van der Waals surface area contributed by atoms with Gasteiger partial charge in [0.1, 0.15) is 5.82 Å². The zero-order valence-corrected chi connectivity index (χ0v) is 16.2. The zero-order valence-electron chi connectivity index (χ0n) is 16.2. The number of aliphatic hydroxyl groups is 1. The fraction of sp³-hybridized carbons (Fsp3) is 0.667. The maximum absolute atomic E-state index is 13.1. The highest BCUT2D eigenvalue weighted by atomic mass is 19.1. The van der Waals surface area contributed by atoms with Crippen molar-refractivity contribution in [3.63, 3.8) is 0 Å². The molecule has 146 valence electrons. The molecule has 3 atom stereocenters. The van der Waals surface area contributed by atoms with Gasteiger partial charge in [-0.25, -0.2) is 4.39 Å². The first-order valence-corrected chi connectivity index (χ1v) is 9.78. The maximum atomic E-state index is 13.1. The van der Waals surface area contributed by atoms with Crippen LogP contribution in [0.3, 0.4) is 0 Å². The number of nitrogens with zero attached hydrogens (tertiary/aromatic N) is 1. The molecule has 1 aromatic rings. The highest BCUT2D eigenvalue weighted by molar-refractivity contribution is 5.76. The summed E-state index contributed by atoms with van der Waals surface area (Å²) in [6, 6.07) is 5.83. The summed E-state index contributed by atoms with van der Waals surface area (Å²) in [5, 5.41) is 13.9. The summed E-state index contributed by atoms with van der Waals surface area (Å²) < 4.78 is 13.1. The summed E-state index contributed by atoms with van der Waals surface area (Å²) in [5.41, 5.74) is 0.637. The normalized spacial score (nSPS) is 20.0. The van der Waals surface area contributed by atoms with Crippen LogP contribution in [0.5, 0.6) is 0 Å². The Labute approximate surface area is 156 Å². The first-order valence-electron chi connectivity index (χ1n) is 9.78. The van der Waals surface area contributed by atoms with Crippen molar-refractivity contribution in [3.05, 3.63) is 35.6 Å². The number of halogens is 1. The predicted octanol–water partition coefficient (Wildman–Crippen LogP) is 3.37. The third kappa shape index (κ3) is 6.36. The SMILES string of the molecule is CC(C)CN(CC(O)c1ccc(F)cc1)C(=O)CC(C)C1CCCNC1. The summed E-state index contributed by atoms with van der Waals surface area (Å²) in [5.74, 6) is 0.957. The van der Waals surface area contributed by atoms with Gasteiger partial charge in [0.05, 0.1) is 12.6 Å². The number of carbonyl (C=O) groups excluding carboxylic acids is 1. The smallest absolute Gasteiger partial charge is 0.222 e. The molecule has 1 aliphatic rings. The van der Waals surface area contributed by atoms with E-state index in [0.717, 1.165) is 13.1 Å². The van der Waals surface area contributed by atoms with Crippen LogP contribution in [0, 0.1) is 23.6 Å². The first kappa shape index (κ1) is 20.8. The monoisotopic (exact) mass is 364 g/mol. The molecule has 1 fully saturated rings. The molecule has 0 saturated carbocycles. The number of amides is 1. The molecule has 1 amide bonds. The Morgan fingerprint density at radius 1 is 1.27 bits per heavy atom. The van der Waals surface area contributed by atoms with Crippen molar-refractivity contribution in [2.45, 2.75) is 46.1 Å². The standard InChI is InChI=1S/C21H33FN2O2/c1-15(2)13-24(14-20(25)17-6-8-19(22)9-7-17)21(26)11-16(3)18-5-4-10-23-12-18/h6-9,15-16,18,20,23,25H,4-5,10-14H2,1-3H3. The lowest BCUT2D eigenvalue weighted by Crippen LogP contribution is -2.40. The molecule has 0 aliphatic carbocycles. The second-order valence-electron chi connectivity index (χ2n) is 8.05. The summed E-state index contributed by atoms with van der Waals surface area (Å²) in [6.45, 7) is 9.21. The second kappa shape index (κ2) is 10.0. The van der Waals surface area contributed by atoms with Crippen molar-refractivity contribution in [2.75, 3.05) is 26.2 Å². The van der Waals surface area contributed by atoms with Crippen LogP contribution in [0.1, 0.15) is 51.7 Å². The van der Waals surface area contributed by atoms with E-state index >= 15 is 0 Å². The molecule has 2 N–H and O–H groups in total. The van der Waals surface area contributed by atoms with E-state index in [1.807, 2.05) is 0 Å². The number of aliphatic hydroxyl groups excluding tert-OH is 1. The van der Waals surface area contributed by atoms with Crippen LogP contribution < -0.4 is 5.32 Å². The van der Waals surface area contributed by atoms with Gasteiger partial charge in [0.25, 0.3) is 0 Å². The molecule has 0 spiro atoms. The van der Waals surface area contributed by atoms with E-state index in [9.17, 15) is 14.3 Å². The zero-order chi connectivity index (χ0) is 19.1. The van der Waals surface area contributed by atoms with Crippen molar-refractivity contribution in [2.24, 2.45) is 17.8 Å². The van der Waals surface area contributed by atoms with Crippen LogP contribution in [0.15, 0.2) is 24.3 Å². The van der Waals surface area contributed by atoms with Gasteiger partial charge in [-0.3, -0.25) is 4.79 Å². The van der Waals surface area contributed by atoms with Gasteiger partial charge in [-0.1, -0.05) is 32.9 Å². The van der Waals surface area contributed by atoms with Gasteiger partial charge in [-0.15, -0.1) is 0 Å². The summed E-state index contributed by atoms with van der Waals surface area (Å²) in [6.07, 6.45) is 2.05. The van der Waals surface area contributed by atoms with Crippen LogP contribution in [-0.4, -0.2) is 42.1 Å². The molecule has 5 heteroatoms. The lowest BCUT2D eigenvalue weighted by Gasteiger charge is -2.32. The Hall–Kier alpha value is -1.46. The van der Waals surface area contributed by atoms with Crippen molar-refractivity contribution in [3.8, 4) is 0 Å². The molecule has 1 aromatic carbocycles. The van der Waals surface area contributed by atoms with Gasteiger partial charge in [0.15, 0.2) is 0 Å². The number of hydrogen-bond donors (Lipinski definition) is 2. The lowest BCUT2D eigenvalue weighted by atomic mass is 9.85. The van der Waals surface area contributed by atoms with Crippen LogP contribution >= 0.6 is 0 Å². The van der Waals surface area contributed by atoms with Gasteiger partial charge >= 0.3 is 0 Å². The van der Waals surface area contributed by atoms with E-state index in [-0.39, 0.29) is 18.3 Å². The lowest BCUT2D eigenvalue weighted by molar-refractivity contribution is -0.134. The summed E-state index contributed by atoms with van der Waals surface area (Å²) in [4.78, 5) is 14.7. The largest absolute Gasteiger partial charge is 0.387 e. The highest BCUT2D eigenvalue weighted by Crippen LogP contribution is 2.24. The molecule has 0 aromatic heterocycles. The third-order valence-corrected chi connectivity index (χ3v) is 5.22. The molecular formula is C21H33FN2O2. The average molecular weight is 365 g/mol. The average Bonchev–Trinajstić information content (AvgIpc) is 2.62. The minimum Gasteiger partial charge on any atom is -0.387 e. The second-order valence-corrected chi connectivity index (χ2v) is 8.05. The number of carbonyl (C=O) groups is 1. The fourth-order valence-electron chi connectivity index (χ4n) is 3.65. The molecule has 0 radical (unpaired) electrons. The Balaban J connectivity index is 1.98. The Morgan fingerprint density at radius 2 is 1.96 bits per heavy atom. The molecule has 1 saturated heterocycles. The fourth-order valence-corrected chi connectivity index (χ4v) is 3.65. The van der Waals surface area contributed by atoms with Gasteiger partial charge < -0.3 is 15.3 Å². The van der Waals surface area contributed by atoms with E-state index in [1.165, 1.54) is 25.0 Å². The van der Waals surface area contributed by atoms with Crippen LogP contribution in [0.4, 0.5) is 4.39 Å². The molecule has 3 unspecified atom stereocenters. The number of benzene rings is 1. The summed E-state index contributed by atoms with van der Waals surface area (Å²) >= 11 is 0. The van der Waals surface area contributed by atoms with Gasteiger partial charge in [-0.05, 0) is 61.4 Å². The van der Waals surface area contributed by atoms with Crippen LogP contribution in [-0.2, 0) is 4.79 Å². The van der Waals surface area contributed by atoms with Crippen LogP contribution in [0.2, 0.25) is 0 Å². The summed E-state index contributed by atoms with van der Waals surface area (Å²) in [7, 11) is 0. The van der Waals surface area contributed by atoms with E-state index in [4.69, 9.17) is 0 Å². The number of rotatable bonds is 8. The first-order chi connectivity index (χ1) is 12.4. The van der Waals surface area contributed by atoms with E-state index in [0.29, 0.717) is 36.3 Å². The minimum atomic E-state index is -0.801. The number of hydrogen-bond acceptors (Lipinski definition) is 3. The molecule has 0 bridgehead atoms. The molecule has 26 heavy (non-hydrogen) atoms. The Bertz CT molecular complexity index is 556. The maximum Gasteiger partial charge on any atom is 0.222 e. The van der Waals surface area contributed by atoms with Crippen molar-refractivity contribution in [1.29, 1.82) is 0 Å². The van der Waals surface area contributed by atoms with Gasteiger partial charge in [-0.2, -0.15) is 0 Å². The molecule has 1 heterocycles. The van der Waals surface area contributed by atoms with E-state index in [2.05, 4.69) is 26.1 Å². The third-order valence-electron chi connectivity index (χ3n) is 5.22. The van der Waals surface area contributed by atoms with E-state index < -0.39 is 6.10 Å². The van der Waals surface area contributed by atoms with Gasteiger partial charge in [0.2, 0.25) is 5.91 Å². The van der Waals surface area contributed by atoms with Crippen molar-refractivity contribution < 1.29 is 14.3 Å². The van der Waals surface area contributed by atoms with E-state index in [1.54, 1.807) is 17.0 Å². The minimum absolute atomic E-state index is 0.0953. The molecule has 4 nitrogen and oxygen atoms in total. The highest BCUT2D eigenvalue weighted by Gasteiger charge is 2.26. The number of nitrogens with one attached hydrogen (secondary N) is 1.